The summed E-state index contributed by atoms with van der Waals surface area (Å²) in [6.45, 7) is 11.3. The maximum atomic E-state index is 12.3. The van der Waals surface area contributed by atoms with Crippen molar-refractivity contribution >= 4 is 5.97 Å². The molecule has 3 heterocycles. The Morgan fingerprint density at radius 1 is 1.33 bits per heavy atom. The third-order valence-electron chi connectivity index (χ3n) is 4.39. The summed E-state index contributed by atoms with van der Waals surface area (Å²) < 4.78 is 5.53. The van der Waals surface area contributed by atoms with Crippen LogP contribution in [0.1, 0.15) is 27.7 Å². The number of fused-ring (bicyclic) bond motifs is 3. The first-order chi connectivity index (χ1) is 8.35. The molecule has 2 bridgehead atoms. The zero-order valence-electron chi connectivity index (χ0n) is 11.8. The molecule has 18 heavy (non-hydrogen) atoms. The summed E-state index contributed by atoms with van der Waals surface area (Å²) in [5.41, 5.74) is 5.04. The van der Waals surface area contributed by atoms with E-state index in [0.29, 0.717) is 18.6 Å². The summed E-state index contributed by atoms with van der Waals surface area (Å²) in [7, 11) is 0. The fraction of sp³-hybridized carbons (Fsp3) is 0.923. The van der Waals surface area contributed by atoms with Gasteiger partial charge in [0.1, 0.15) is 11.6 Å². The summed E-state index contributed by atoms with van der Waals surface area (Å²) in [5.74, 6) is -0.131. The first kappa shape index (κ1) is 13.8. The summed E-state index contributed by atoms with van der Waals surface area (Å²) in [4.78, 5) is 16.9. The number of nitrogens with two attached hydrogens (primary N) is 1. The van der Waals surface area contributed by atoms with Crippen molar-refractivity contribution in [3.63, 3.8) is 0 Å². The molecule has 5 unspecified atom stereocenters. The molecule has 0 aliphatic carbocycles. The van der Waals surface area contributed by atoms with Gasteiger partial charge in [-0.15, -0.1) is 0 Å². The summed E-state index contributed by atoms with van der Waals surface area (Å²) in [6.07, 6.45) is 0. The molecule has 5 nitrogen and oxygen atoms in total. The molecule has 0 aromatic rings. The molecule has 0 saturated carbocycles. The van der Waals surface area contributed by atoms with Crippen molar-refractivity contribution < 1.29 is 9.53 Å². The van der Waals surface area contributed by atoms with Gasteiger partial charge in [0.15, 0.2) is 0 Å². The van der Waals surface area contributed by atoms with Gasteiger partial charge in [-0.05, 0) is 27.7 Å². The van der Waals surface area contributed by atoms with E-state index in [9.17, 15) is 4.79 Å². The molecule has 0 amide bonds. The van der Waals surface area contributed by atoms with Gasteiger partial charge in [0.05, 0.1) is 0 Å². The topological polar surface area (TPSA) is 58.8 Å². The zero-order chi connectivity index (χ0) is 13.5. The third kappa shape index (κ3) is 2.39. The van der Waals surface area contributed by atoms with Crippen LogP contribution < -0.4 is 5.73 Å². The largest absolute Gasteiger partial charge is 0.457 e. The van der Waals surface area contributed by atoms with E-state index in [1.54, 1.807) is 0 Å². The molecule has 0 spiro atoms. The highest BCUT2D eigenvalue weighted by atomic mass is 16.6. The van der Waals surface area contributed by atoms with E-state index in [1.807, 2.05) is 13.8 Å². The molecule has 2 N–H and O–H groups in total. The number of hydrogen-bond donors (Lipinski definition) is 1. The minimum absolute atomic E-state index is 0.129. The highest BCUT2D eigenvalue weighted by Crippen LogP contribution is 2.27. The van der Waals surface area contributed by atoms with Gasteiger partial charge in [0.25, 0.3) is 0 Å². The van der Waals surface area contributed by atoms with Gasteiger partial charge in [-0.1, -0.05) is 0 Å². The van der Waals surface area contributed by atoms with Gasteiger partial charge >= 0.3 is 5.97 Å². The molecular formula is C13H25N3O2. The molecule has 3 aliphatic rings. The summed E-state index contributed by atoms with van der Waals surface area (Å²) in [6, 6.07) is 0.798. The lowest BCUT2D eigenvalue weighted by molar-refractivity contribution is -0.173. The van der Waals surface area contributed by atoms with Crippen LogP contribution in [0.5, 0.6) is 0 Å². The first-order valence-corrected chi connectivity index (χ1v) is 6.78. The SMILES string of the molecule is CC1C(C)N2CCN1CC2C(=O)OC(C)(C)CN. The molecule has 3 rings (SSSR count). The van der Waals surface area contributed by atoms with Crippen LogP contribution in [0.4, 0.5) is 0 Å². The number of piperazine rings is 3. The molecule has 0 aromatic carbocycles. The number of hydrogen-bond acceptors (Lipinski definition) is 5. The lowest BCUT2D eigenvalue weighted by atomic mass is 9.95. The quantitative estimate of drug-likeness (QED) is 0.722. The van der Waals surface area contributed by atoms with Gasteiger partial charge in [-0.3, -0.25) is 14.6 Å². The van der Waals surface area contributed by atoms with E-state index in [1.165, 1.54) is 0 Å². The molecule has 104 valence electrons. The normalized spacial score (nSPS) is 39.7. The van der Waals surface area contributed by atoms with E-state index in [-0.39, 0.29) is 12.0 Å². The van der Waals surface area contributed by atoms with Gasteiger partial charge in [-0.2, -0.15) is 0 Å². The Morgan fingerprint density at radius 2 is 2.00 bits per heavy atom. The maximum absolute atomic E-state index is 12.3. The van der Waals surface area contributed by atoms with Crippen LogP contribution in [0.25, 0.3) is 0 Å². The second-order valence-corrected chi connectivity index (χ2v) is 6.11. The minimum atomic E-state index is -0.570. The number of ether oxygens (including phenoxy) is 1. The summed E-state index contributed by atoms with van der Waals surface area (Å²) >= 11 is 0. The maximum Gasteiger partial charge on any atom is 0.325 e. The number of carbonyl (C=O) groups excluding carboxylic acids is 1. The lowest BCUT2D eigenvalue weighted by Gasteiger charge is -2.54. The smallest absolute Gasteiger partial charge is 0.325 e. The first-order valence-electron chi connectivity index (χ1n) is 6.78. The molecule has 3 fully saturated rings. The third-order valence-corrected chi connectivity index (χ3v) is 4.39. The minimum Gasteiger partial charge on any atom is -0.457 e. The van der Waals surface area contributed by atoms with Crippen molar-refractivity contribution in [1.29, 1.82) is 0 Å². The van der Waals surface area contributed by atoms with Gasteiger partial charge < -0.3 is 10.5 Å². The molecule has 0 aromatic heterocycles. The zero-order valence-corrected chi connectivity index (χ0v) is 11.8. The predicted molar refractivity (Wildman–Crippen MR) is 70.2 cm³/mol. The fourth-order valence-electron chi connectivity index (χ4n) is 2.85. The molecule has 5 heteroatoms. The second kappa shape index (κ2) is 4.79. The Kier molecular flexibility index (Phi) is 3.67. The monoisotopic (exact) mass is 255 g/mol. The number of nitrogens with zero attached hydrogens (tertiary/aromatic N) is 2. The van der Waals surface area contributed by atoms with Crippen LogP contribution in [0.15, 0.2) is 0 Å². The van der Waals surface area contributed by atoms with E-state index in [0.717, 1.165) is 19.6 Å². The molecular weight excluding hydrogens is 230 g/mol. The summed E-state index contributed by atoms with van der Waals surface area (Å²) in [5, 5.41) is 0. The average Bonchev–Trinajstić information content (AvgIpc) is 2.34. The van der Waals surface area contributed by atoms with E-state index >= 15 is 0 Å². The van der Waals surface area contributed by atoms with Crippen LogP contribution in [0.3, 0.4) is 0 Å². The highest BCUT2D eigenvalue weighted by molar-refractivity contribution is 5.77. The van der Waals surface area contributed by atoms with Crippen molar-refractivity contribution in [2.24, 2.45) is 5.73 Å². The number of rotatable bonds is 3. The molecule has 0 radical (unpaired) electrons. The Balaban J connectivity index is 2.05. The van der Waals surface area contributed by atoms with Crippen LogP contribution in [-0.2, 0) is 9.53 Å². The Bertz CT molecular complexity index is 330. The Labute approximate surface area is 109 Å². The van der Waals surface area contributed by atoms with E-state index < -0.39 is 5.60 Å². The molecule has 5 atom stereocenters. The van der Waals surface area contributed by atoms with Crippen molar-refractivity contribution in [3.05, 3.63) is 0 Å². The van der Waals surface area contributed by atoms with E-state index in [4.69, 9.17) is 10.5 Å². The Morgan fingerprint density at radius 3 is 2.56 bits per heavy atom. The Hall–Kier alpha value is -0.650. The van der Waals surface area contributed by atoms with Crippen molar-refractivity contribution in [2.75, 3.05) is 26.2 Å². The average molecular weight is 255 g/mol. The highest BCUT2D eigenvalue weighted by Gasteiger charge is 2.45. The van der Waals surface area contributed by atoms with Gasteiger partial charge in [-0.25, -0.2) is 0 Å². The van der Waals surface area contributed by atoms with Crippen molar-refractivity contribution in [3.8, 4) is 0 Å². The van der Waals surface area contributed by atoms with Crippen LogP contribution >= 0.6 is 0 Å². The second-order valence-electron chi connectivity index (χ2n) is 6.11. The van der Waals surface area contributed by atoms with Crippen LogP contribution in [0, 0.1) is 0 Å². The number of carbonyl (C=O) groups is 1. The molecule has 3 saturated heterocycles. The van der Waals surface area contributed by atoms with Crippen LogP contribution in [0.2, 0.25) is 0 Å². The fourth-order valence-corrected chi connectivity index (χ4v) is 2.85. The number of esters is 1. The van der Waals surface area contributed by atoms with Gasteiger partial charge in [0, 0.05) is 38.3 Å². The standard InChI is InChI=1S/C13H25N3O2/c1-9-10(2)16-6-5-15(9)7-11(16)12(17)18-13(3,4)8-14/h9-11H,5-8,14H2,1-4H3. The van der Waals surface area contributed by atoms with Crippen molar-refractivity contribution in [2.45, 2.75) is 51.4 Å². The van der Waals surface area contributed by atoms with Gasteiger partial charge in [0.2, 0.25) is 0 Å². The van der Waals surface area contributed by atoms with Crippen LogP contribution in [-0.4, -0.2) is 65.7 Å². The molecule has 3 aliphatic heterocycles. The van der Waals surface area contributed by atoms with E-state index in [2.05, 4.69) is 23.6 Å². The predicted octanol–water partition coefficient (Wildman–Crippen LogP) is 0.0437. The lowest BCUT2D eigenvalue weighted by Crippen LogP contribution is -2.70. The van der Waals surface area contributed by atoms with Crippen molar-refractivity contribution in [1.82, 2.24) is 9.80 Å².